The first-order valence-electron chi connectivity index (χ1n) is 11.4. The summed E-state index contributed by atoms with van der Waals surface area (Å²) in [6, 6.07) is 12.5. The van der Waals surface area contributed by atoms with Gasteiger partial charge in [0.05, 0.1) is 22.6 Å². The van der Waals surface area contributed by atoms with Gasteiger partial charge in [0, 0.05) is 22.7 Å². The number of benzene rings is 2. The molecule has 0 aliphatic heterocycles. The summed E-state index contributed by atoms with van der Waals surface area (Å²) in [4.78, 5) is 11.9. The van der Waals surface area contributed by atoms with E-state index in [1.54, 1.807) is 51.1 Å². The fourth-order valence-corrected chi connectivity index (χ4v) is 4.51. The Hall–Kier alpha value is -3.00. The van der Waals surface area contributed by atoms with E-state index >= 15 is 0 Å². The molecule has 1 heterocycles. The standard InChI is InChI=1S/C26H27ClF3N3O2/c1-25(2,3)35-24(34)31-13-12-16-14-19-21(15-16)32-33(23(19)17-8-10-18(27)11-9-17)22-7-5-4-6-20(22)26(28,29)30/h4-11,16H,12-15H2,1-3H3,(H,31,34). The molecule has 35 heavy (non-hydrogen) atoms. The average molecular weight is 506 g/mol. The molecule has 1 aromatic heterocycles. The van der Waals surface area contributed by atoms with Gasteiger partial charge in [0.2, 0.25) is 0 Å². The fraction of sp³-hybridized carbons (Fsp3) is 0.385. The zero-order valence-corrected chi connectivity index (χ0v) is 20.5. The maximum atomic E-state index is 13.8. The van der Waals surface area contributed by atoms with Gasteiger partial charge in [0.1, 0.15) is 5.60 Å². The van der Waals surface area contributed by atoms with Gasteiger partial charge >= 0.3 is 12.3 Å². The number of ether oxygens (including phenoxy) is 1. The first kappa shape index (κ1) is 25.1. The summed E-state index contributed by atoms with van der Waals surface area (Å²) in [5, 5.41) is 7.96. The number of alkyl carbamates (subject to hydrolysis) is 1. The lowest BCUT2D eigenvalue weighted by Gasteiger charge is -2.20. The number of hydrogen-bond acceptors (Lipinski definition) is 3. The molecule has 0 saturated heterocycles. The molecule has 9 heteroatoms. The zero-order chi connectivity index (χ0) is 25.4. The molecule has 0 bridgehead atoms. The van der Waals surface area contributed by atoms with E-state index in [2.05, 4.69) is 10.4 Å². The van der Waals surface area contributed by atoms with Crippen molar-refractivity contribution < 1.29 is 22.7 Å². The summed E-state index contributed by atoms with van der Waals surface area (Å²) in [6.45, 7) is 5.85. The zero-order valence-electron chi connectivity index (χ0n) is 19.7. The van der Waals surface area contributed by atoms with Crippen LogP contribution in [0.1, 0.15) is 44.0 Å². The lowest BCUT2D eigenvalue weighted by Crippen LogP contribution is -2.33. The number of rotatable bonds is 5. The minimum atomic E-state index is -4.51. The number of carbonyl (C=O) groups is 1. The predicted molar refractivity (Wildman–Crippen MR) is 129 cm³/mol. The van der Waals surface area contributed by atoms with Gasteiger partial charge in [0.25, 0.3) is 0 Å². The molecule has 0 saturated carbocycles. The van der Waals surface area contributed by atoms with Crippen molar-refractivity contribution in [2.24, 2.45) is 5.92 Å². The van der Waals surface area contributed by atoms with Crippen LogP contribution in [0, 0.1) is 5.92 Å². The fourth-order valence-electron chi connectivity index (χ4n) is 4.38. The highest BCUT2D eigenvalue weighted by atomic mass is 35.5. The third-order valence-electron chi connectivity index (χ3n) is 5.82. The van der Waals surface area contributed by atoms with Gasteiger partial charge in [-0.3, -0.25) is 0 Å². The number of amides is 1. The molecule has 1 N–H and O–H groups in total. The lowest BCUT2D eigenvalue weighted by atomic mass is 10.00. The molecule has 0 fully saturated rings. The van der Waals surface area contributed by atoms with Gasteiger partial charge < -0.3 is 10.1 Å². The number of nitrogens with zero attached hydrogens (tertiary/aromatic N) is 2. The first-order valence-corrected chi connectivity index (χ1v) is 11.8. The second kappa shape index (κ2) is 9.57. The highest BCUT2D eigenvalue weighted by molar-refractivity contribution is 6.30. The molecule has 1 amide bonds. The van der Waals surface area contributed by atoms with Crippen molar-refractivity contribution >= 4 is 17.7 Å². The van der Waals surface area contributed by atoms with Gasteiger partial charge in [-0.1, -0.05) is 35.9 Å². The Bertz CT molecular complexity index is 1210. The van der Waals surface area contributed by atoms with E-state index in [1.165, 1.54) is 16.8 Å². The summed E-state index contributed by atoms with van der Waals surface area (Å²) in [6.07, 6.45) is -3.01. The van der Waals surface area contributed by atoms with Crippen molar-refractivity contribution in [3.63, 3.8) is 0 Å². The Morgan fingerprint density at radius 3 is 2.46 bits per heavy atom. The minimum Gasteiger partial charge on any atom is -0.444 e. The van der Waals surface area contributed by atoms with E-state index in [4.69, 9.17) is 16.3 Å². The summed E-state index contributed by atoms with van der Waals surface area (Å²) in [5.41, 5.74) is 1.75. The van der Waals surface area contributed by atoms with E-state index in [1.807, 2.05) is 0 Å². The second-order valence-corrected chi connectivity index (χ2v) is 10.1. The normalized spacial score (nSPS) is 15.7. The molecule has 1 atom stereocenters. The van der Waals surface area contributed by atoms with Gasteiger partial charge in [-0.2, -0.15) is 18.3 Å². The molecular formula is C26H27ClF3N3O2. The number of carbonyl (C=O) groups excluding carboxylic acids is 1. The van der Waals surface area contributed by atoms with Crippen molar-refractivity contribution in [1.29, 1.82) is 0 Å². The third kappa shape index (κ3) is 5.81. The summed E-state index contributed by atoms with van der Waals surface area (Å²) in [5.74, 6) is 0.209. The molecule has 0 spiro atoms. The van der Waals surface area contributed by atoms with Crippen LogP contribution in [-0.2, 0) is 23.8 Å². The largest absolute Gasteiger partial charge is 0.444 e. The van der Waals surface area contributed by atoms with Crippen LogP contribution in [0.3, 0.4) is 0 Å². The van der Waals surface area contributed by atoms with Crippen LogP contribution < -0.4 is 5.32 Å². The highest BCUT2D eigenvalue weighted by Crippen LogP contribution is 2.40. The maximum Gasteiger partial charge on any atom is 0.418 e. The van der Waals surface area contributed by atoms with Gasteiger partial charge in [-0.25, -0.2) is 9.48 Å². The SMILES string of the molecule is CC(C)(C)OC(=O)NCCC1Cc2nn(-c3ccccc3C(F)(F)F)c(-c3ccc(Cl)cc3)c2C1. The Kier molecular flexibility index (Phi) is 6.86. The molecule has 5 nitrogen and oxygen atoms in total. The van der Waals surface area contributed by atoms with Gasteiger partial charge in [-0.15, -0.1) is 0 Å². The van der Waals surface area contributed by atoms with E-state index in [0.29, 0.717) is 36.5 Å². The third-order valence-corrected chi connectivity index (χ3v) is 6.07. The molecule has 0 radical (unpaired) electrons. The van der Waals surface area contributed by atoms with Crippen LogP contribution in [0.5, 0.6) is 0 Å². The molecule has 1 aliphatic carbocycles. The van der Waals surface area contributed by atoms with E-state index in [9.17, 15) is 18.0 Å². The monoisotopic (exact) mass is 505 g/mol. The number of fused-ring (bicyclic) bond motifs is 1. The van der Waals surface area contributed by atoms with Crippen LogP contribution in [0.15, 0.2) is 48.5 Å². The van der Waals surface area contributed by atoms with E-state index in [0.717, 1.165) is 22.9 Å². The van der Waals surface area contributed by atoms with E-state index in [-0.39, 0.29) is 11.6 Å². The number of halogens is 4. The summed E-state index contributed by atoms with van der Waals surface area (Å²) >= 11 is 6.06. The maximum absolute atomic E-state index is 13.8. The van der Waals surface area contributed by atoms with Crippen LogP contribution in [-0.4, -0.2) is 28.0 Å². The Morgan fingerprint density at radius 2 is 1.80 bits per heavy atom. The quantitative estimate of drug-likeness (QED) is 0.413. The smallest absolute Gasteiger partial charge is 0.418 e. The van der Waals surface area contributed by atoms with E-state index < -0.39 is 23.4 Å². The van der Waals surface area contributed by atoms with Crippen molar-refractivity contribution in [1.82, 2.24) is 15.1 Å². The van der Waals surface area contributed by atoms with Crippen molar-refractivity contribution in [2.75, 3.05) is 6.54 Å². The summed E-state index contributed by atoms with van der Waals surface area (Å²) < 4.78 is 48.1. The molecule has 4 rings (SSSR count). The Morgan fingerprint density at radius 1 is 1.11 bits per heavy atom. The van der Waals surface area contributed by atoms with Crippen molar-refractivity contribution in [3.8, 4) is 16.9 Å². The number of alkyl halides is 3. The topological polar surface area (TPSA) is 56.1 Å². The number of hydrogen-bond donors (Lipinski definition) is 1. The molecule has 2 aromatic carbocycles. The van der Waals surface area contributed by atoms with Crippen molar-refractivity contribution in [2.45, 2.75) is 51.8 Å². The van der Waals surface area contributed by atoms with Crippen LogP contribution in [0.4, 0.5) is 18.0 Å². The minimum absolute atomic E-state index is 0.0116. The lowest BCUT2D eigenvalue weighted by molar-refractivity contribution is -0.137. The second-order valence-electron chi connectivity index (χ2n) is 9.70. The number of nitrogens with one attached hydrogen (secondary N) is 1. The molecular weight excluding hydrogens is 479 g/mol. The summed E-state index contributed by atoms with van der Waals surface area (Å²) in [7, 11) is 0. The number of aromatic nitrogens is 2. The average Bonchev–Trinajstić information content (AvgIpc) is 3.30. The predicted octanol–water partition coefficient (Wildman–Crippen LogP) is 6.84. The van der Waals surface area contributed by atoms with Crippen LogP contribution in [0.2, 0.25) is 5.02 Å². The van der Waals surface area contributed by atoms with Gasteiger partial charge in [0.15, 0.2) is 0 Å². The first-order chi connectivity index (χ1) is 16.4. The molecule has 3 aromatic rings. The van der Waals surface area contributed by atoms with Crippen LogP contribution in [0.25, 0.3) is 16.9 Å². The Balaban J connectivity index is 1.62. The molecule has 1 aliphatic rings. The molecule has 186 valence electrons. The van der Waals surface area contributed by atoms with Gasteiger partial charge in [-0.05, 0) is 70.2 Å². The van der Waals surface area contributed by atoms with Crippen LogP contribution >= 0.6 is 11.6 Å². The molecule has 1 unspecified atom stereocenters. The number of para-hydroxylation sites is 1. The Labute approximate surface area is 207 Å². The highest BCUT2D eigenvalue weighted by Gasteiger charge is 2.36. The van der Waals surface area contributed by atoms with Crippen molar-refractivity contribution in [3.05, 3.63) is 70.4 Å².